The maximum Gasteiger partial charge on any atom is 0.0258 e. The lowest BCUT2D eigenvalue weighted by Gasteiger charge is -2.19. The Balaban J connectivity index is 2.69. The fraction of sp³-hybridized carbons (Fsp3) is 0.500. The molecule has 17 heavy (non-hydrogen) atoms. The van der Waals surface area contributed by atoms with Crippen molar-refractivity contribution in [2.24, 2.45) is 0 Å². The third-order valence-electron chi connectivity index (χ3n) is 2.90. The van der Waals surface area contributed by atoms with Crippen molar-refractivity contribution >= 4 is 11.6 Å². The molecule has 1 rings (SSSR count). The number of allylic oxidation sites excluding steroid dienone is 2. The van der Waals surface area contributed by atoms with Gasteiger partial charge in [0.15, 0.2) is 0 Å². The minimum atomic E-state index is 0.238. The maximum absolute atomic E-state index is 5.67. The third kappa shape index (κ3) is 4.95. The summed E-state index contributed by atoms with van der Waals surface area (Å²) >= 11 is 5.67. The van der Waals surface area contributed by atoms with Crippen LogP contribution in [0.1, 0.15) is 45.2 Å². The van der Waals surface area contributed by atoms with Gasteiger partial charge in [0.05, 0.1) is 0 Å². The van der Waals surface area contributed by atoms with E-state index in [0.717, 1.165) is 12.8 Å². The summed E-state index contributed by atoms with van der Waals surface area (Å²) in [5.41, 5.74) is 4.40. The van der Waals surface area contributed by atoms with Crippen LogP contribution in [0.4, 0.5) is 0 Å². The van der Waals surface area contributed by atoms with Gasteiger partial charge in [-0.1, -0.05) is 56.7 Å². The van der Waals surface area contributed by atoms with E-state index in [1.165, 1.54) is 16.7 Å². The van der Waals surface area contributed by atoms with Crippen LogP contribution in [-0.2, 0) is 11.8 Å². The summed E-state index contributed by atoms with van der Waals surface area (Å²) in [6.07, 6.45) is 4.22. The summed E-state index contributed by atoms with van der Waals surface area (Å²) < 4.78 is 0. The zero-order valence-corrected chi connectivity index (χ0v) is 12.1. The molecule has 0 aliphatic rings. The van der Waals surface area contributed by atoms with Crippen molar-refractivity contribution < 1.29 is 0 Å². The molecule has 1 aromatic carbocycles. The molecule has 94 valence electrons. The molecular weight excluding hydrogens is 228 g/mol. The Bertz CT molecular complexity index is 366. The zero-order chi connectivity index (χ0) is 12.9. The van der Waals surface area contributed by atoms with Gasteiger partial charge in [0.25, 0.3) is 0 Å². The van der Waals surface area contributed by atoms with E-state index < -0.39 is 0 Å². The van der Waals surface area contributed by atoms with E-state index in [1.807, 2.05) is 0 Å². The standard InChI is InChI=1S/C16H23Cl/c1-13(6-5-11-17)12-14-7-9-15(10-8-14)16(2,3)4/h6-10H,5,11-12H2,1-4H3. The van der Waals surface area contributed by atoms with E-state index in [4.69, 9.17) is 11.6 Å². The largest absolute Gasteiger partial charge is 0.126 e. The predicted molar refractivity (Wildman–Crippen MR) is 77.9 cm³/mol. The van der Waals surface area contributed by atoms with Gasteiger partial charge < -0.3 is 0 Å². The smallest absolute Gasteiger partial charge is 0.0258 e. The fourth-order valence-electron chi connectivity index (χ4n) is 1.82. The predicted octanol–water partition coefficient (Wildman–Crippen LogP) is 5.10. The molecule has 0 bridgehead atoms. The first kappa shape index (κ1) is 14.3. The van der Waals surface area contributed by atoms with Crippen LogP contribution in [0, 0.1) is 0 Å². The van der Waals surface area contributed by atoms with Crippen LogP contribution in [0.25, 0.3) is 0 Å². The molecule has 0 saturated heterocycles. The quantitative estimate of drug-likeness (QED) is 0.515. The topological polar surface area (TPSA) is 0 Å². The Morgan fingerprint density at radius 2 is 1.76 bits per heavy atom. The number of halogens is 1. The van der Waals surface area contributed by atoms with Gasteiger partial charge in [-0.3, -0.25) is 0 Å². The van der Waals surface area contributed by atoms with Crippen molar-refractivity contribution in [2.45, 2.75) is 46.0 Å². The van der Waals surface area contributed by atoms with Crippen LogP contribution >= 0.6 is 11.6 Å². The summed E-state index contributed by atoms with van der Waals surface area (Å²) in [7, 11) is 0. The Morgan fingerprint density at radius 1 is 1.18 bits per heavy atom. The minimum absolute atomic E-state index is 0.238. The van der Waals surface area contributed by atoms with Crippen molar-refractivity contribution in [3.63, 3.8) is 0 Å². The van der Waals surface area contributed by atoms with Gasteiger partial charge in [0.1, 0.15) is 0 Å². The first-order valence-corrected chi connectivity index (χ1v) is 6.78. The molecule has 0 unspecified atom stereocenters. The van der Waals surface area contributed by atoms with Crippen molar-refractivity contribution in [2.75, 3.05) is 5.88 Å². The Morgan fingerprint density at radius 3 is 2.24 bits per heavy atom. The van der Waals surface area contributed by atoms with Gasteiger partial charge in [0, 0.05) is 5.88 Å². The molecule has 0 heterocycles. The molecule has 0 spiro atoms. The molecule has 0 fully saturated rings. The van der Waals surface area contributed by atoms with Gasteiger partial charge >= 0.3 is 0 Å². The second kappa shape index (κ2) is 6.26. The molecular formula is C16H23Cl. The first-order chi connectivity index (χ1) is 7.93. The molecule has 1 heteroatoms. The van der Waals surface area contributed by atoms with Crippen LogP contribution in [0.15, 0.2) is 35.9 Å². The summed E-state index contributed by atoms with van der Waals surface area (Å²) in [5, 5.41) is 0. The van der Waals surface area contributed by atoms with Crippen LogP contribution in [0.3, 0.4) is 0 Å². The average molecular weight is 251 g/mol. The molecule has 0 aliphatic carbocycles. The van der Waals surface area contributed by atoms with Crippen molar-refractivity contribution in [3.05, 3.63) is 47.0 Å². The normalized spacial score (nSPS) is 12.9. The molecule has 1 aromatic rings. The van der Waals surface area contributed by atoms with Gasteiger partial charge in [-0.15, -0.1) is 11.6 Å². The Hall–Kier alpha value is -0.750. The second-order valence-electron chi connectivity index (χ2n) is 5.65. The average Bonchev–Trinajstić information content (AvgIpc) is 2.26. The van der Waals surface area contributed by atoms with Gasteiger partial charge in [0.2, 0.25) is 0 Å². The molecule has 0 radical (unpaired) electrons. The number of hydrogen-bond acceptors (Lipinski definition) is 0. The summed E-state index contributed by atoms with van der Waals surface area (Å²) in [5.74, 6) is 0.709. The first-order valence-electron chi connectivity index (χ1n) is 6.24. The third-order valence-corrected chi connectivity index (χ3v) is 3.12. The van der Waals surface area contributed by atoms with Crippen molar-refractivity contribution in [1.29, 1.82) is 0 Å². The lowest BCUT2D eigenvalue weighted by atomic mass is 9.86. The van der Waals surface area contributed by atoms with Crippen LogP contribution < -0.4 is 0 Å². The zero-order valence-electron chi connectivity index (χ0n) is 11.4. The van der Waals surface area contributed by atoms with Crippen molar-refractivity contribution in [3.8, 4) is 0 Å². The molecule has 0 aromatic heterocycles. The summed E-state index contributed by atoms with van der Waals surface area (Å²) in [4.78, 5) is 0. The number of alkyl halides is 1. The minimum Gasteiger partial charge on any atom is -0.126 e. The lowest BCUT2D eigenvalue weighted by Crippen LogP contribution is -2.10. The highest BCUT2D eigenvalue weighted by molar-refractivity contribution is 6.17. The highest BCUT2D eigenvalue weighted by atomic mass is 35.5. The van der Waals surface area contributed by atoms with E-state index >= 15 is 0 Å². The van der Waals surface area contributed by atoms with E-state index in [9.17, 15) is 0 Å². The maximum atomic E-state index is 5.67. The van der Waals surface area contributed by atoms with Crippen LogP contribution in [0.2, 0.25) is 0 Å². The number of rotatable bonds is 4. The highest BCUT2D eigenvalue weighted by Gasteiger charge is 2.12. The van der Waals surface area contributed by atoms with Gasteiger partial charge in [-0.05, 0) is 36.3 Å². The van der Waals surface area contributed by atoms with E-state index in [2.05, 4.69) is 58.0 Å². The molecule has 0 aliphatic heterocycles. The highest BCUT2D eigenvalue weighted by Crippen LogP contribution is 2.22. The van der Waals surface area contributed by atoms with Gasteiger partial charge in [-0.25, -0.2) is 0 Å². The number of benzene rings is 1. The summed E-state index contributed by atoms with van der Waals surface area (Å²) in [6.45, 7) is 8.90. The lowest BCUT2D eigenvalue weighted by molar-refractivity contribution is 0.590. The molecule has 0 amide bonds. The Labute approximate surface area is 111 Å². The van der Waals surface area contributed by atoms with E-state index in [-0.39, 0.29) is 5.41 Å². The second-order valence-corrected chi connectivity index (χ2v) is 6.03. The van der Waals surface area contributed by atoms with E-state index in [1.54, 1.807) is 0 Å². The molecule has 0 atom stereocenters. The Kier molecular flexibility index (Phi) is 5.27. The molecule has 0 nitrogen and oxygen atoms in total. The SMILES string of the molecule is CC(=CCCCl)Cc1ccc(C(C)(C)C)cc1. The van der Waals surface area contributed by atoms with E-state index in [0.29, 0.717) is 5.88 Å². The molecule has 0 saturated carbocycles. The monoisotopic (exact) mass is 250 g/mol. The van der Waals surface area contributed by atoms with Crippen molar-refractivity contribution in [1.82, 2.24) is 0 Å². The number of hydrogen-bond donors (Lipinski definition) is 0. The van der Waals surface area contributed by atoms with Crippen LogP contribution in [0.5, 0.6) is 0 Å². The van der Waals surface area contributed by atoms with Gasteiger partial charge in [-0.2, -0.15) is 0 Å². The van der Waals surface area contributed by atoms with Crippen LogP contribution in [-0.4, -0.2) is 5.88 Å². The fourth-order valence-corrected chi connectivity index (χ4v) is 1.93. The summed E-state index contributed by atoms with van der Waals surface area (Å²) in [6, 6.07) is 8.95. The molecule has 0 N–H and O–H groups in total.